The second kappa shape index (κ2) is 10.2. The normalized spacial score (nSPS) is 10.2. The van der Waals surface area contributed by atoms with Crippen molar-refractivity contribution >= 4 is 46.3 Å². The summed E-state index contributed by atoms with van der Waals surface area (Å²) < 4.78 is 0. The molecule has 11 heteroatoms. The van der Waals surface area contributed by atoms with Crippen LogP contribution < -0.4 is 10.6 Å². The highest BCUT2D eigenvalue weighted by molar-refractivity contribution is 8.00. The summed E-state index contributed by atoms with van der Waals surface area (Å²) in [6.07, 6.45) is 0. The van der Waals surface area contributed by atoms with Crippen molar-refractivity contribution in [3.05, 3.63) is 98.6 Å². The lowest BCUT2D eigenvalue weighted by Crippen LogP contribution is -2.14. The number of nitro benzene ring substituents is 2. The average Bonchev–Trinajstić information content (AvgIpc) is 2.79. The molecule has 10 nitrogen and oxygen atoms in total. The van der Waals surface area contributed by atoms with Gasteiger partial charge >= 0.3 is 0 Å². The summed E-state index contributed by atoms with van der Waals surface area (Å²) in [7, 11) is 0. The maximum absolute atomic E-state index is 12.3. The van der Waals surface area contributed by atoms with Gasteiger partial charge in [0, 0.05) is 46.1 Å². The molecule has 0 aromatic heterocycles. The molecule has 162 valence electrons. The molecule has 2 N–H and O–H groups in total. The monoisotopic (exact) mass is 452 g/mol. The molecule has 0 bridgehead atoms. The first kappa shape index (κ1) is 22.4. The van der Waals surface area contributed by atoms with Gasteiger partial charge in [-0.05, 0) is 42.5 Å². The van der Waals surface area contributed by atoms with Gasteiger partial charge in [-0.2, -0.15) is 0 Å². The predicted octanol–water partition coefficient (Wildman–Crippen LogP) is 4.49. The second-order valence-corrected chi connectivity index (χ2v) is 7.48. The fourth-order valence-corrected chi connectivity index (χ4v) is 3.31. The van der Waals surface area contributed by atoms with Crippen LogP contribution >= 0.6 is 11.8 Å². The van der Waals surface area contributed by atoms with E-state index in [0.29, 0.717) is 11.4 Å². The van der Waals surface area contributed by atoms with Crippen molar-refractivity contribution < 1.29 is 19.4 Å². The van der Waals surface area contributed by atoms with E-state index in [0.717, 1.165) is 4.90 Å². The Balaban J connectivity index is 1.51. The van der Waals surface area contributed by atoms with E-state index in [-0.39, 0.29) is 28.6 Å². The standard InChI is InChI=1S/C21H16N4O6S/c26-20(22-15-4-8-17(9-5-15)24(28)29)13-32-19-10-6-16(7-11-19)23-21(27)14-2-1-3-18(12-14)25(30)31/h1-12H,13H2,(H,22,26)(H,23,27). The van der Waals surface area contributed by atoms with Crippen LogP contribution in [0.15, 0.2) is 77.7 Å². The van der Waals surface area contributed by atoms with Crippen molar-refractivity contribution in [3.8, 4) is 0 Å². The first-order valence-electron chi connectivity index (χ1n) is 9.15. The summed E-state index contributed by atoms with van der Waals surface area (Å²) in [5, 5.41) is 26.8. The molecule has 0 saturated heterocycles. The van der Waals surface area contributed by atoms with Crippen LogP contribution in [-0.2, 0) is 4.79 Å². The van der Waals surface area contributed by atoms with Crippen LogP contribution in [0.3, 0.4) is 0 Å². The van der Waals surface area contributed by atoms with Gasteiger partial charge < -0.3 is 10.6 Å². The Bertz CT molecular complexity index is 1170. The van der Waals surface area contributed by atoms with E-state index in [1.165, 1.54) is 60.3 Å². The number of rotatable bonds is 8. The number of amides is 2. The second-order valence-electron chi connectivity index (χ2n) is 6.43. The fraction of sp³-hybridized carbons (Fsp3) is 0.0476. The minimum atomic E-state index is -0.569. The Hall–Kier alpha value is -4.25. The number of benzene rings is 3. The molecule has 0 fully saturated rings. The smallest absolute Gasteiger partial charge is 0.270 e. The zero-order chi connectivity index (χ0) is 23.1. The van der Waals surface area contributed by atoms with Crippen LogP contribution in [0.2, 0.25) is 0 Å². The van der Waals surface area contributed by atoms with Gasteiger partial charge in [-0.25, -0.2) is 0 Å². The van der Waals surface area contributed by atoms with Crippen LogP contribution in [0.25, 0.3) is 0 Å². The van der Waals surface area contributed by atoms with Crippen LogP contribution in [0.4, 0.5) is 22.7 Å². The van der Waals surface area contributed by atoms with Crippen molar-refractivity contribution in [2.75, 3.05) is 16.4 Å². The minimum Gasteiger partial charge on any atom is -0.325 e. The molecule has 32 heavy (non-hydrogen) atoms. The maximum Gasteiger partial charge on any atom is 0.270 e. The van der Waals surface area contributed by atoms with Crippen LogP contribution in [0, 0.1) is 20.2 Å². The molecule has 0 atom stereocenters. The van der Waals surface area contributed by atoms with Crippen molar-refractivity contribution in [2.45, 2.75) is 4.90 Å². The third kappa shape index (κ3) is 6.12. The highest BCUT2D eigenvalue weighted by atomic mass is 32.2. The maximum atomic E-state index is 12.3. The summed E-state index contributed by atoms with van der Waals surface area (Å²) >= 11 is 1.28. The minimum absolute atomic E-state index is 0.0601. The van der Waals surface area contributed by atoms with E-state index in [1.807, 2.05) is 0 Å². The zero-order valence-electron chi connectivity index (χ0n) is 16.4. The molecule has 0 aliphatic rings. The molecule has 0 spiro atoms. The zero-order valence-corrected chi connectivity index (χ0v) is 17.2. The number of non-ortho nitro benzene ring substituents is 2. The van der Waals surface area contributed by atoms with Crippen LogP contribution in [-0.4, -0.2) is 27.4 Å². The number of hydrogen-bond donors (Lipinski definition) is 2. The molecule has 3 rings (SSSR count). The molecular formula is C21H16N4O6S. The van der Waals surface area contributed by atoms with E-state index in [4.69, 9.17) is 0 Å². The van der Waals surface area contributed by atoms with Crippen molar-refractivity contribution in [3.63, 3.8) is 0 Å². The lowest BCUT2D eigenvalue weighted by molar-refractivity contribution is -0.385. The van der Waals surface area contributed by atoms with Gasteiger partial charge in [-0.15, -0.1) is 11.8 Å². The Morgan fingerprint density at radius 2 is 1.38 bits per heavy atom. The fourth-order valence-electron chi connectivity index (χ4n) is 2.61. The van der Waals surface area contributed by atoms with Crippen LogP contribution in [0.1, 0.15) is 10.4 Å². The van der Waals surface area contributed by atoms with E-state index in [2.05, 4.69) is 10.6 Å². The number of carbonyl (C=O) groups excluding carboxylic acids is 2. The van der Waals surface area contributed by atoms with Gasteiger partial charge in [0.05, 0.1) is 15.6 Å². The summed E-state index contributed by atoms with van der Waals surface area (Å²) in [6, 6.07) is 17.7. The molecule has 3 aromatic carbocycles. The number of carbonyl (C=O) groups is 2. The number of hydrogen-bond acceptors (Lipinski definition) is 7. The van der Waals surface area contributed by atoms with Crippen molar-refractivity contribution in [1.82, 2.24) is 0 Å². The van der Waals surface area contributed by atoms with E-state index in [9.17, 15) is 29.8 Å². The van der Waals surface area contributed by atoms with Gasteiger partial charge in [-0.3, -0.25) is 29.8 Å². The summed E-state index contributed by atoms with van der Waals surface area (Å²) in [5.74, 6) is -0.625. The molecule has 0 heterocycles. The number of thioether (sulfide) groups is 1. The number of nitrogens with one attached hydrogen (secondary N) is 2. The SMILES string of the molecule is O=C(CSc1ccc(NC(=O)c2cccc([N+](=O)[O-])c2)cc1)Nc1ccc([N+](=O)[O-])cc1. The third-order valence-corrected chi connectivity index (χ3v) is 5.18. The Labute approximate surface area is 185 Å². The predicted molar refractivity (Wildman–Crippen MR) is 120 cm³/mol. The number of nitrogens with zero attached hydrogens (tertiary/aromatic N) is 2. The topological polar surface area (TPSA) is 144 Å². The van der Waals surface area contributed by atoms with Gasteiger partial charge in [0.25, 0.3) is 17.3 Å². The molecule has 0 aliphatic carbocycles. The average molecular weight is 452 g/mol. The molecule has 2 amide bonds. The Morgan fingerprint density at radius 1 is 0.781 bits per heavy atom. The lowest BCUT2D eigenvalue weighted by Gasteiger charge is -2.07. The molecule has 0 saturated carbocycles. The first-order valence-corrected chi connectivity index (χ1v) is 10.1. The lowest BCUT2D eigenvalue weighted by atomic mass is 10.2. The third-order valence-electron chi connectivity index (χ3n) is 4.16. The van der Waals surface area contributed by atoms with Crippen molar-refractivity contribution in [1.29, 1.82) is 0 Å². The number of anilines is 2. The quantitative estimate of drug-likeness (QED) is 0.291. The highest BCUT2D eigenvalue weighted by Gasteiger charge is 2.12. The molecule has 0 aliphatic heterocycles. The van der Waals surface area contributed by atoms with Gasteiger partial charge in [-0.1, -0.05) is 6.07 Å². The van der Waals surface area contributed by atoms with Crippen LogP contribution in [0.5, 0.6) is 0 Å². The summed E-state index contributed by atoms with van der Waals surface area (Å²) in [5.41, 5.74) is 0.897. The van der Waals surface area contributed by atoms with Gasteiger partial charge in [0.1, 0.15) is 0 Å². The van der Waals surface area contributed by atoms with E-state index < -0.39 is 15.8 Å². The van der Waals surface area contributed by atoms with Gasteiger partial charge in [0.2, 0.25) is 5.91 Å². The number of nitro groups is 2. The summed E-state index contributed by atoms with van der Waals surface area (Å²) in [4.78, 5) is 45.6. The molecule has 0 radical (unpaired) electrons. The molecular weight excluding hydrogens is 436 g/mol. The van der Waals surface area contributed by atoms with Crippen molar-refractivity contribution in [2.24, 2.45) is 0 Å². The largest absolute Gasteiger partial charge is 0.325 e. The van der Waals surface area contributed by atoms with E-state index in [1.54, 1.807) is 24.3 Å². The Morgan fingerprint density at radius 3 is 2.00 bits per heavy atom. The first-order chi connectivity index (χ1) is 15.3. The molecule has 0 unspecified atom stereocenters. The summed E-state index contributed by atoms with van der Waals surface area (Å²) in [6.45, 7) is 0. The van der Waals surface area contributed by atoms with E-state index >= 15 is 0 Å². The Kier molecular flexibility index (Phi) is 7.13. The molecule has 3 aromatic rings. The highest BCUT2D eigenvalue weighted by Crippen LogP contribution is 2.22. The van der Waals surface area contributed by atoms with Gasteiger partial charge in [0.15, 0.2) is 0 Å².